The fourth-order valence-electron chi connectivity index (χ4n) is 2.92. The van der Waals surface area contributed by atoms with E-state index < -0.39 is 0 Å². The molecule has 2 aliphatic heterocycles. The van der Waals surface area contributed by atoms with Crippen LogP contribution in [0.25, 0.3) is 0 Å². The van der Waals surface area contributed by atoms with Gasteiger partial charge in [0.2, 0.25) is 0 Å². The van der Waals surface area contributed by atoms with E-state index in [1.807, 2.05) is 11.8 Å². The second-order valence-corrected chi connectivity index (χ2v) is 5.70. The lowest BCUT2D eigenvalue weighted by Gasteiger charge is -2.29. The first kappa shape index (κ1) is 15.3. The number of hydrogen-bond acceptors (Lipinski definition) is 3. The molecule has 0 spiro atoms. The highest BCUT2D eigenvalue weighted by Crippen LogP contribution is 2.27. The minimum atomic E-state index is 0.0157. The Bertz CT molecular complexity index is 340. The van der Waals surface area contributed by atoms with Crippen LogP contribution in [0.5, 0.6) is 0 Å². The smallest absolute Gasteiger partial charge is 0.317 e. The van der Waals surface area contributed by atoms with Crippen molar-refractivity contribution in [2.24, 2.45) is 0 Å². The summed E-state index contributed by atoms with van der Waals surface area (Å²) in [6.45, 7) is 8.99. The van der Waals surface area contributed by atoms with E-state index >= 15 is 0 Å². The van der Waals surface area contributed by atoms with Gasteiger partial charge >= 0.3 is 6.03 Å². The van der Waals surface area contributed by atoms with Crippen LogP contribution in [0, 0.1) is 0 Å². The fourth-order valence-corrected chi connectivity index (χ4v) is 2.92. The first-order valence-corrected chi connectivity index (χ1v) is 7.56. The Labute approximate surface area is 121 Å². The molecule has 5 nitrogen and oxygen atoms in total. The molecule has 0 bridgehead atoms. The van der Waals surface area contributed by atoms with Crippen molar-refractivity contribution < 1.29 is 14.3 Å². The molecule has 114 valence electrons. The van der Waals surface area contributed by atoms with E-state index in [0.29, 0.717) is 19.8 Å². The van der Waals surface area contributed by atoms with E-state index in [0.717, 1.165) is 44.4 Å². The number of ether oxygens (including phenoxy) is 2. The molecule has 0 saturated carbocycles. The molecule has 0 unspecified atom stereocenters. The minimum absolute atomic E-state index is 0.0157. The summed E-state index contributed by atoms with van der Waals surface area (Å²) in [5.41, 5.74) is 0.995. The number of hydrogen-bond donors (Lipinski definition) is 1. The van der Waals surface area contributed by atoms with Gasteiger partial charge in [0.25, 0.3) is 0 Å². The average molecular weight is 282 g/mol. The topological polar surface area (TPSA) is 50.8 Å². The van der Waals surface area contributed by atoms with E-state index in [1.165, 1.54) is 0 Å². The zero-order valence-electron chi connectivity index (χ0n) is 12.4. The van der Waals surface area contributed by atoms with Crippen molar-refractivity contribution in [1.82, 2.24) is 10.2 Å². The molecule has 0 aliphatic carbocycles. The maximum Gasteiger partial charge on any atom is 0.317 e. The van der Waals surface area contributed by atoms with Crippen molar-refractivity contribution >= 4 is 6.03 Å². The van der Waals surface area contributed by atoms with Crippen LogP contribution in [0.2, 0.25) is 0 Å². The van der Waals surface area contributed by atoms with Gasteiger partial charge in [-0.15, -0.1) is 0 Å². The van der Waals surface area contributed by atoms with Gasteiger partial charge in [-0.05, 0) is 32.6 Å². The second kappa shape index (κ2) is 7.64. The van der Waals surface area contributed by atoms with Gasteiger partial charge in [-0.1, -0.05) is 12.2 Å². The lowest BCUT2D eigenvalue weighted by molar-refractivity contribution is 0.0517. The van der Waals surface area contributed by atoms with Gasteiger partial charge in [0.1, 0.15) is 0 Å². The van der Waals surface area contributed by atoms with Crippen molar-refractivity contribution in [3.63, 3.8) is 0 Å². The molecular formula is C15H26N2O3. The number of carbonyl (C=O) groups excluding carboxylic acids is 1. The van der Waals surface area contributed by atoms with Crippen molar-refractivity contribution in [2.45, 2.75) is 44.8 Å². The summed E-state index contributed by atoms with van der Waals surface area (Å²) in [6.07, 6.45) is 4.57. The van der Waals surface area contributed by atoms with E-state index in [9.17, 15) is 4.79 Å². The summed E-state index contributed by atoms with van der Waals surface area (Å²) in [4.78, 5) is 14.1. The molecule has 2 fully saturated rings. The Morgan fingerprint density at radius 3 is 3.00 bits per heavy atom. The van der Waals surface area contributed by atoms with Crippen LogP contribution in [-0.2, 0) is 9.47 Å². The maximum absolute atomic E-state index is 12.2. The molecule has 2 amide bonds. The fraction of sp³-hybridized carbons (Fsp3) is 0.800. The van der Waals surface area contributed by atoms with Crippen LogP contribution in [0.1, 0.15) is 32.6 Å². The van der Waals surface area contributed by atoms with Crippen LogP contribution < -0.4 is 5.32 Å². The first-order chi connectivity index (χ1) is 9.68. The predicted octanol–water partition coefficient (Wildman–Crippen LogP) is 1.93. The van der Waals surface area contributed by atoms with Gasteiger partial charge in [0.05, 0.1) is 25.4 Å². The Balaban J connectivity index is 1.69. The highest BCUT2D eigenvalue weighted by Gasteiger charge is 2.36. The van der Waals surface area contributed by atoms with Crippen molar-refractivity contribution in [3.8, 4) is 0 Å². The summed E-state index contributed by atoms with van der Waals surface area (Å²) in [5, 5.41) is 2.93. The first-order valence-electron chi connectivity index (χ1n) is 7.56. The van der Waals surface area contributed by atoms with E-state index in [-0.39, 0.29) is 18.2 Å². The van der Waals surface area contributed by atoms with Crippen LogP contribution in [-0.4, -0.2) is 56.0 Å². The second-order valence-electron chi connectivity index (χ2n) is 5.70. The highest BCUT2D eigenvalue weighted by atomic mass is 16.5. The number of nitrogens with one attached hydrogen (secondary N) is 1. The number of urea groups is 1. The number of nitrogens with zero attached hydrogens (tertiary/aromatic N) is 1. The van der Waals surface area contributed by atoms with Crippen molar-refractivity contribution in [1.29, 1.82) is 0 Å². The zero-order chi connectivity index (χ0) is 14.4. The largest absolute Gasteiger partial charge is 0.376 e. The van der Waals surface area contributed by atoms with Gasteiger partial charge in [0.15, 0.2) is 0 Å². The number of rotatable bonds is 6. The van der Waals surface area contributed by atoms with E-state index in [2.05, 4.69) is 11.9 Å². The SMILES string of the molecule is C=C(C)COCCNC(=O)N1CCC[C@@H]1[C@H]1CCCO1. The summed E-state index contributed by atoms with van der Waals surface area (Å²) >= 11 is 0. The Morgan fingerprint density at radius 1 is 1.45 bits per heavy atom. The molecule has 0 aromatic heterocycles. The lowest BCUT2D eigenvalue weighted by Crippen LogP contribution is -2.48. The van der Waals surface area contributed by atoms with Crippen molar-refractivity contribution in [3.05, 3.63) is 12.2 Å². The molecule has 0 radical (unpaired) electrons. The van der Waals surface area contributed by atoms with Crippen LogP contribution in [0.15, 0.2) is 12.2 Å². The highest BCUT2D eigenvalue weighted by molar-refractivity contribution is 5.74. The Morgan fingerprint density at radius 2 is 2.30 bits per heavy atom. The maximum atomic E-state index is 12.2. The number of likely N-dealkylation sites (tertiary alicyclic amines) is 1. The van der Waals surface area contributed by atoms with Crippen molar-refractivity contribution in [2.75, 3.05) is 32.9 Å². The Kier molecular flexibility index (Phi) is 5.86. The van der Waals surface area contributed by atoms with E-state index in [1.54, 1.807) is 0 Å². The monoisotopic (exact) mass is 282 g/mol. The van der Waals surface area contributed by atoms with Crippen LogP contribution in [0.4, 0.5) is 4.79 Å². The normalized spacial score (nSPS) is 25.9. The molecular weight excluding hydrogens is 256 g/mol. The molecule has 2 rings (SSSR count). The molecule has 5 heteroatoms. The molecule has 2 aliphatic rings. The quantitative estimate of drug-likeness (QED) is 0.598. The zero-order valence-corrected chi connectivity index (χ0v) is 12.4. The summed E-state index contributed by atoms with van der Waals surface area (Å²) in [7, 11) is 0. The lowest BCUT2D eigenvalue weighted by atomic mass is 10.1. The predicted molar refractivity (Wildman–Crippen MR) is 77.7 cm³/mol. The molecule has 0 aromatic carbocycles. The van der Waals surface area contributed by atoms with Gasteiger partial charge in [0, 0.05) is 19.7 Å². The molecule has 0 aromatic rings. The number of amides is 2. The number of carbonyl (C=O) groups is 1. The van der Waals surface area contributed by atoms with Crippen LogP contribution in [0.3, 0.4) is 0 Å². The summed E-state index contributed by atoms with van der Waals surface area (Å²) in [5.74, 6) is 0. The van der Waals surface area contributed by atoms with Gasteiger partial charge in [-0.3, -0.25) is 0 Å². The van der Waals surface area contributed by atoms with Gasteiger partial charge in [-0.25, -0.2) is 4.79 Å². The van der Waals surface area contributed by atoms with Crippen LogP contribution >= 0.6 is 0 Å². The third kappa shape index (κ3) is 4.21. The van der Waals surface area contributed by atoms with Gasteiger partial charge in [-0.2, -0.15) is 0 Å². The average Bonchev–Trinajstić information content (AvgIpc) is 3.08. The molecule has 20 heavy (non-hydrogen) atoms. The summed E-state index contributed by atoms with van der Waals surface area (Å²) < 4.78 is 11.1. The molecule has 2 saturated heterocycles. The molecule has 2 heterocycles. The standard InChI is InChI=1S/C15H26N2O3/c1-12(2)11-19-10-7-16-15(18)17-8-3-5-13(17)14-6-4-9-20-14/h13-14H,1,3-11H2,2H3,(H,16,18)/t13-,14-/m1/s1. The summed E-state index contributed by atoms with van der Waals surface area (Å²) in [6, 6.07) is 0.274. The van der Waals surface area contributed by atoms with E-state index in [4.69, 9.17) is 9.47 Å². The third-order valence-corrected chi connectivity index (χ3v) is 3.83. The molecule has 1 N–H and O–H groups in total. The Hall–Kier alpha value is -1.07. The molecule has 2 atom stereocenters. The van der Waals surface area contributed by atoms with Gasteiger partial charge < -0.3 is 19.7 Å². The minimum Gasteiger partial charge on any atom is -0.376 e. The third-order valence-electron chi connectivity index (χ3n) is 3.83.